The standard InChI is InChI=1S/C22H17ClFN3O3/c1-29-13-7-9-19(30-2)15(11-13)12-6-8-14-18(10-12)26-27-21(14)25-22(28)20-16(23)4-3-5-17(20)24/h3-11H,1-2H3,(H2,25,26,27,28). The normalized spacial score (nSPS) is 10.8. The summed E-state index contributed by atoms with van der Waals surface area (Å²) >= 11 is 5.97. The van der Waals surface area contributed by atoms with E-state index >= 15 is 0 Å². The molecular formula is C22H17ClFN3O3. The van der Waals surface area contributed by atoms with E-state index in [0.717, 1.165) is 11.1 Å². The van der Waals surface area contributed by atoms with Crippen LogP contribution in [0.25, 0.3) is 22.0 Å². The Morgan fingerprint density at radius 2 is 1.93 bits per heavy atom. The van der Waals surface area contributed by atoms with Crippen LogP contribution in [0.4, 0.5) is 10.2 Å². The summed E-state index contributed by atoms with van der Waals surface area (Å²) in [5.41, 5.74) is 2.18. The summed E-state index contributed by atoms with van der Waals surface area (Å²) in [5.74, 6) is 0.290. The summed E-state index contributed by atoms with van der Waals surface area (Å²) in [5, 5.41) is 10.3. The predicted octanol–water partition coefficient (Wildman–Crippen LogP) is 5.29. The van der Waals surface area contributed by atoms with Gasteiger partial charge in [-0.2, -0.15) is 5.10 Å². The lowest BCUT2D eigenvalue weighted by Gasteiger charge is -2.11. The Labute approximate surface area is 176 Å². The van der Waals surface area contributed by atoms with Gasteiger partial charge in [0, 0.05) is 10.9 Å². The molecule has 4 aromatic rings. The smallest absolute Gasteiger partial charge is 0.261 e. The van der Waals surface area contributed by atoms with Crippen LogP contribution in [-0.2, 0) is 0 Å². The third-order valence-corrected chi connectivity index (χ3v) is 5.02. The predicted molar refractivity (Wildman–Crippen MR) is 114 cm³/mol. The molecule has 4 rings (SSSR count). The van der Waals surface area contributed by atoms with Gasteiger partial charge in [0.25, 0.3) is 5.91 Å². The van der Waals surface area contributed by atoms with Crippen LogP contribution >= 0.6 is 11.6 Å². The highest BCUT2D eigenvalue weighted by atomic mass is 35.5. The Morgan fingerprint density at radius 3 is 2.67 bits per heavy atom. The fourth-order valence-corrected chi connectivity index (χ4v) is 3.46. The van der Waals surface area contributed by atoms with Crippen molar-refractivity contribution in [2.75, 3.05) is 19.5 Å². The second kappa shape index (κ2) is 8.04. The van der Waals surface area contributed by atoms with Crippen LogP contribution in [0.1, 0.15) is 10.4 Å². The van der Waals surface area contributed by atoms with Gasteiger partial charge in [-0.1, -0.05) is 23.7 Å². The molecule has 3 aromatic carbocycles. The van der Waals surface area contributed by atoms with Crippen LogP contribution in [0.2, 0.25) is 5.02 Å². The number of anilines is 1. The summed E-state index contributed by atoms with van der Waals surface area (Å²) in [4.78, 5) is 12.5. The number of hydrogen-bond donors (Lipinski definition) is 2. The number of ether oxygens (including phenoxy) is 2. The molecule has 0 fully saturated rings. The SMILES string of the molecule is COc1ccc(OC)c(-c2ccc3c(NC(=O)c4c(F)cccc4Cl)n[nH]c3c2)c1. The molecule has 2 N–H and O–H groups in total. The molecule has 0 atom stereocenters. The van der Waals surface area contributed by atoms with Crippen molar-refractivity contribution in [2.45, 2.75) is 0 Å². The minimum atomic E-state index is -0.702. The van der Waals surface area contributed by atoms with E-state index in [1.807, 2.05) is 36.4 Å². The average molecular weight is 426 g/mol. The number of amides is 1. The largest absolute Gasteiger partial charge is 0.497 e. The number of halogens is 2. The Morgan fingerprint density at radius 1 is 1.10 bits per heavy atom. The molecular weight excluding hydrogens is 409 g/mol. The molecule has 8 heteroatoms. The molecule has 1 heterocycles. The Bertz CT molecular complexity index is 1240. The van der Waals surface area contributed by atoms with Crippen molar-refractivity contribution in [1.29, 1.82) is 0 Å². The fourth-order valence-electron chi connectivity index (χ4n) is 3.21. The second-order valence-corrected chi connectivity index (χ2v) is 6.86. The Hall–Kier alpha value is -3.58. The van der Waals surface area contributed by atoms with E-state index in [4.69, 9.17) is 21.1 Å². The molecule has 30 heavy (non-hydrogen) atoms. The maximum absolute atomic E-state index is 14.0. The number of H-pyrrole nitrogens is 1. The third-order valence-electron chi connectivity index (χ3n) is 4.70. The van der Waals surface area contributed by atoms with Gasteiger partial charge in [0.15, 0.2) is 5.82 Å². The zero-order valence-corrected chi connectivity index (χ0v) is 16.9. The average Bonchev–Trinajstić information content (AvgIpc) is 3.15. The number of hydrogen-bond acceptors (Lipinski definition) is 4. The van der Waals surface area contributed by atoms with Crippen LogP contribution in [0, 0.1) is 5.82 Å². The minimum absolute atomic E-state index is 0.0275. The molecule has 0 aliphatic rings. The summed E-state index contributed by atoms with van der Waals surface area (Å²) in [7, 11) is 3.20. The van der Waals surface area contributed by atoms with Gasteiger partial charge in [-0.05, 0) is 48.0 Å². The number of fused-ring (bicyclic) bond motifs is 1. The van der Waals surface area contributed by atoms with Crippen LogP contribution in [-0.4, -0.2) is 30.3 Å². The zero-order chi connectivity index (χ0) is 21.3. The molecule has 0 unspecified atom stereocenters. The van der Waals surface area contributed by atoms with E-state index in [0.29, 0.717) is 22.4 Å². The number of benzene rings is 3. The van der Waals surface area contributed by atoms with Gasteiger partial charge in [0.05, 0.1) is 30.3 Å². The summed E-state index contributed by atoms with van der Waals surface area (Å²) in [6.07, 6.45) is 0. The first kappa shape index (κ1) is 19.7. The van der Waals surface area contributed by atoms with Crippen LogP contribution in [0.3, 0.4) is 0 Å². The van der Waals surface area contributed by atoms with Gasteiger partial charge in [0.2, 0.25) is 0 Å². The Kier molecular flexibility index (Phi) is 5.29. The molecule has 0 radical (unpaired) electrons. The monoisotopic (exact) mass is 425 g/mol. The quantitative estimate of drug-likeness (QED) is 0.455. The van der Waals surface area contributed by atoms with Crippen molar-refractivity contribution in [3.63, 3.8) is 0 Å². The van der Waals surface area contributed by atoms with Crippen LogP contribution in [0.5, 0.6) is 11.5 Å². The first-order chi connectivity index (χ1) is 14.5. The fraction of sp³-hybridized carbons (Fsp3) is 0.0909. The van der Waals surface area contributed by atoms with Crippen molar-refractivity contribution in [3.8, 4) is 22.6 Å². The topological polar surface area (TPSA) is 76.2 Å². The molecule has 1 amide bonds. The van der Waals surface area contributed by atoms with E-state index in [9.17, 15) is 9.18 Å². The van der Waals surface area contributed by atoms with Crippen LogP contribution in [0.15, 0.2) is 54.6 Å². The second-order valence-electron chi connectivity index (χ2n) is 6.45. The lowest BCUT2D eigenvalue weighted by molar-refractivity contribution is 0.102. The van der Waals surface area contributed by atoms with Gasteiger partial charge in [0.1, 0.15) is 17.3 Å². The number of rotatable bonds is 5. The molecule has 0 bridgehead atoms. The first-order valence-corrected chi connectivity index (χ1v) is 9.35. The number of nitrogens with one attached hydrogen (secondary N) is 2. The van der Waals surface area contributed by atoms with Crippen molar-refractivity contribution >= 4 is 34.2 Å². The van der Waals surface area contributed by atoms with E-state index in [2.05, 4.69) is 15.5 Å². The van der Waals surface area contributed by atoms with Crippen molar-refractivity contribution in [2.24, 2.45) is 0 Å². The lowest BCUT2D eigenvalue weighted by atomic mass is 10.0. The third kappa shape index (κ3) is 3.55. The van der Waals surface area contributed by atoms with E-state index < -0.39 is 11.7 Å². The summed E-state index contributed by atoms with van der Waals surface area (Å²) < 4.78 is 24.8. The lowest BCUT2D eigenvalue weighted by Crippen LogP contribution is -2.14. The van der Waals surface area contributed by atoms with Gasteiger partial charge in [-0.25, -0.2) is 4.39 Å². The molecule has 6 nitrogen and oxygen atoms in total. The molecule has 0 spiro atoms. The number of carbonyl (C=O) groups excluding carboxylic acids is 1. The van der Waals surface area contributed by atoms with E-state index in [1.54, 1.807) is 14.2 Å². The Balaban J connectivity index is 1.69. The molecule has 1 aromatic heterocycles. The number of carbonyl (C=O) groups is 1. The molecule has 0 aliphatic heterocycles. The molecule has 0 saturated carbocycles. The maximum Gasteiger partial charge on any atom is 0.261 e. The van der Waals surface area contributed by atoms with Gasteiger partial charge < -0.3 is 14.8 Å². The van der Waals surface area contributed by atoms with E-state index in [-0.39, 0.29) is 16.4 Å². The number of aromatic amines is 1. The van der Waals surface area contributed by atoms with Crippen LogP contribution < -0.4 is 14.8 Å². The summed E-state index contributed by atoms with van der Waals surface area (Å²) in [6.45, 7) is 0. The zero-order valence-electron chi connectivity index (χ0n) is 16.1. The minimum Gasteiger partial charge on any atom is -0.497 e. The highest BCUT2D eigenvalue weighted by molar-refractivity contribution is 6.34. The van der Waals surface area contributed by atoms with Crippen molar-refractivity contribution in [3.05, 3.63) is 71.0 Å². The number of nitrogens with zero attached hydrogens (tertiary/aromatic N) is 1. The summed E-state index contributed by atoms with van der Waals surface area (Å²) in [6, 6.07) is 15.2. The van der Waals surface area contributed by atoms with Crippen molar-refractivity contribution < 1.29 is 18.7 Å². The number of methoxy groups -OCH3 is 2. The van der Waals surface area contributed by atoms with Gasteiger partial charge >= 0.3 is 0 Å². The molecule has 0 saturated heterocycles. The first-order valence-electron chi connectivity index (χ1n) is 8.97. The highest BCUT2D eigenvalue weighted by Gasteiger charge is 2.18. The van der Waals surface area contributed by atoms with E-state index in [1.165, 1.54) is 18.2 Å². The molecule has 0 aliphatic carbocycles. The maximum atomic E-state index is 14.0. The van der Waals surface area contributed by atoms with Gasteiger partial charge in [-0.3, -0.25) is 9.89 Å². The number of aromatic nitrogens is 2. The molecule has 152 valence electrons. The van der Waals surface area contributed by atoms with Gasteiger partial charge in [-0.15, -0.1) is 0 Å². The van der Waals surface area contributed by atoms with Crippen molar-refractivity contribution in [1.82, 2.24) is 10.2 Å². The highest BCUT2D eigenvalue weighted by Crippen LogP contribution is 2.35.